The van der Waals surface area contributed by atoms with Gasteiger partial charge in [-0.3, -0.25) is 9.59 Å². The fraction of sp³-hybridized carbons (Fsp3) is 0.867. The first-order chi connectivity index (χ1) is 13.7. The average Bonchev–Trinajstić information content (AvgIpc) is 2.60. The summed E-state index contributed by atoms with van der Waals surface area (Å²) in [6.45, 7) is 2.11. The normalized spacial score (nSPS) is 17.2. The molecule has 0 atom stereocenters. The Morgan fingerprint density at radius 2 is 1.42 bits per heavy atom. The molecule has 0 aromatic heterocycles. The zero-order valence-electron chi connectivity index (χ0n) is 15.9. The number of Topliss-reactive ketones (excluding diaryl/α,β-unsaturated/α-hetero) is 2. The highest BCUT2D eigenvalue weighted by Crippen LogP contribution is 2.54. The van der Waals surface area contributed by atoms with Crippen LogP contribution in [0.1, 0.15) is 39.0 Å². The van der Waals surface area contributed by atoms with Crippen molar-refractivity contribution >= 4 is 32.6 Å². The number of carbonyl (C=O) groups excluding carboxylic acids is 2. The first-order valence-corrected chi connectivity index (χ1v) is 11.7. The zero-order chi connectivity index (χ0) is 24.9. The van der Waals surface area contributed by atoms with Gasteiger partial charge < -0.3 is 4.55 Å². The van der Waals surface area contributed by atoms with Gasteiger partial charge >= 0.3 is 23.3 Å². The highest BCUT2D eigenvalue weighted by atomic mass is 32.2. The minimum absolute atomic E-state index is 0.231. The largest absolute Gasteiger partial charge is 0.743 e. The van der Waals surface area contributed by atoms with Crippen molar-refractivity contribution in [2.45, 2.75) is 62.3 Å². The van der Waals surface area contributed by atoms with Crippen molar-refractivity contribution < 1.29 is 62.1 Å². The van der Waals surface area contributed by atoms with Crippen molar-refractivity contribution in [3.63, 3.8) is 0 Å². The van der Waals surface area contributed by atoms with Gasteiger partial charge in [-0.2, -0.15) is 39.5 Å². The van der Waals surface area contributed by atoms with Crippen LogP contribution in [0.2, 0.25) is 0 Å². The third kappa shape index (κ3) is 7.51. The van der Waals surface area contributed by atoms with Crippen molar-refractivity contribution in [1.82, 2.24) is 0 Å². The van der Waals surface area contributed by atoms with Gasteiger partial charge in [0.2, 0.25) is 0 Å². The molecule has 0 aliphatic carbocycles. The van der Waals surface area contributed by atoms with E-state index in [0.29, 0.717) is 24.4 Å². The van der Waals surface area contributed by atoms with Crippen LogP contribution in [0, 0.1) is 0 Å². The SMILES string of the molecule is CCCCC(=O)C[S+]1CCC(=O)CC1.O=S(=O)([O-])C(F)(F)C(F)(F)C(F)(F)C(F)(F)F. The Balaban J connectivity index is 0.000000590. The van der Waals surface area contributed by atoms with Crippen LogP contribution in [-0.4, -0.2) is 65.1 Å². The van der Waals surface area contributed by atoms with Crippen LogP contribution in [0.5, 0.6) is 0 Å². The number of hydrogen-bond donors (Lipinski definition) is 0. The van der Waals surface area contributed by atoms with Crippen molar-refractivity contribution in [1.29, 1.82) is 0 Å². The minimum Gasteiger partial charge on any atom is -0.743 e. The van der Waals surface area contributed by atoms with Crippen LogP contribution in [0.15, 0.2) is 0 Å². The lowest BCUT2D eigenvalue weighted by atomic mass is 10.1. The van der Waals surface area contributed by atoms with Gasteiger partial charge in [0, 0.05) is 6.42 Å². The molecule has 0 radical (unpaired) electrons. The van der Waals surface area contributed by atoms with E-state index < -0.39 is 33.4 Å². The van der Waals surface area contributed by atoms with Crippen LogP contribution in [-0.2, 0) is 30.6 Å². The van der Waals surface area contributed by atoms with E-state index in [9.17, 15) is 62.1 Å². The molecule has 0 amide bonds. The number of alkyl halides is 9. The molecule has 0 unspecified atom stereocenters. The summed E-state index contributed by atoms with van der Waals surface area (Å²) in [5, 5.41) is -7.11. The first kappa shape index (κ1) is 30.0. The van der Waals surface area contributed by atoms with Gasteiger partial charge in [-0.1, -0.05) is 13.3 Å². The fourth-order valence-corrected chi connectivity index (χ4v) is 4.65. The Kier molecular flexibility index (Phi) is 10.4. The smallest absolute Gasteiger partial charge is 0.460 e. The van der Waals surface area contributed by atoms with E-state index in [4.69, 9.17) is 0 Å². The summed E-state index contributed by atoms with van der Waals surface area (Å²) in [5.41, 5.74) is 0. The molecule has 5 nitrogen and oxygen atoms in total. The van der Waals surface area contributed by atoms with Gasteiger partial charge in [-0.15, -0.1) is 0 Å². The molecule has 1 rings (SSSR count). The second kappa shape index (κ2) is 10.7. The molecule has 1 aliphatic heterocycles. The van der Waals surface area contributed by atoms with E-state index in [1.54, 1.807) is 0 Å². The van der Waals surface area contributed by atoms with Crippen molar-refractivity contribution in [2.75, 3.05) is 17.3 Å². The third-order valence-corrected chi connectivity index (χ3v) is 7.12. The highest BCUT2D eigenvalue weighted by Gasteiger charge is 2.83. The van der Waals surface area contributed by atoms with E-state index in [0.717, 1.165) is 36.5 Å². The maximum atomic E-state index is 12.2. The van der Waals surface area contributed by atoms with E-state index in [2.05, 4.69) is 6.92 Å². The van der Waals surface area contributed by atoms with Crippen LogP contribution in [0.25, 0.3) is 0 Å². The summed E-state index contributed by atoms with van der Waals surface area (Å²) >= 11 is 0. The summed E-state index contributed by atoms with van der Waals surface area (Å²) in [7, 11) is -7.19. The molecule has 1 saturated heterocycles. The van der Waals surface area contributed by atoms with Crippen LogP contribution in [0.3, 0.4) is 0 Å². The number of ketones is 2. The monoisotopic (exact) mass is 514 g/mol. The third-order valence-electron chi connectivity index (χ3n) is 3.94. The molecule has 1 fully saturated rings. The van der Waals surface area contributed by atoms with E-state index in [-0.39, 0.29) is 10.9 Å². The standard InChI is InChI=1S/C11H19O2S.C4HF9O3S/c1-2-3-4-11(13)9-14-7-5-10(12)6-8-14;5-1(6,3(9,10)11)2(7,8)4(12,13)17(14,15)16/h2-9H2,1H3;(H,14,15,16)/q+1;/p-1. The maximum Gasteiger partial charge on any atom is 0.460 e. The lowest BCUT2D eigenvalue weighted by Gasteiger charge is -2.34. The summed E-state index contributed by atoms with van der Waals surface area (Å²) < 4.78 is 135. The van der Waals surface area contributed by atoms with Gasteiger partial charge in [-0.25, -0.2) is 8.42 Å². The van der Waals surface area contributed by atoms with Gasteiger partial charge in [0.05, 0.1) is 12.8 Å². The fourth-order valence-electron chi connectivity index (χ4n) is 2.08. The number of halogens is 9. The van der Waals surface area contributed by atoms with E-state index in [1.807, 2.05) is 0 Å². The summed E-state index contributed by atoms with van der Waals surface area (Å²) in [4.78, 5) is 22.5. The molecule has 31 heavy (non-hydrogen) atoms. The van der Waals surface area contributed by atoms with Crippen LogP contribution in [0.4, 0.5) is 39.5 Å². The quantitative estimate of drug-likeness (QED) is 0.280. The molecule has 0 saturated carbocycles. The van der Waals surface area contributed by atoms with Crippen molar-refractivity contribution in [2.24, 2.45) is 0 Å². The van der Waals surface area contributed by atoms with E-state index >= 15 is 0 Å². The number of hydrogen-bond acceptors (Lipinski definition) is 5. The van der Waals surface area contributed by atoms with Crippen molar-refractivity contribution in [3.8, 4) is 0 Å². The van der Waals surface area contributed by atoms with Gasteiger partial charge in [-0.05, 0) is 17.3 Å². The summed E-state index contributed by atoms with van der Waals surface area (Å²) in [5.74, 6) is -11.3. The topological polar surface area (TPSA) is 91.3 Å². The van der Waals surface area contributed by atoms with Crippen LogP contribution >= 0.6 is 0 Å². The Morgan fingerprint density at radius 3 is 1.77 bits per heavy atom. The van der Waals surface area contributed by atoms with Crippen LogP contribution < -0.4 is 0 Å². The molecule has 184 valence electrons. The molecule has 0 aromatic rings. The Bertz CT molecular complexity index is 726. The Morgan fingerprint density at radius 1 is 0.968 bits per heavy atom. The second-order valence-corrected chi connectivity index (χ2v) is 10.2. The molecule has 0 bridgehead atoms. The number of rotatable bonds is 8. The molecule has 0 spiro atoms. The number of unbranched alkanes of at least 4 members (excludes halogenated alkanes) is 1. The van der Waals surface area contributed by atoms with Gasteiger partial charge in [0.1, 0.15) is 17.3 Å². The first-order valence-electron chi connectivity index (χ1n) is 8.55. The summed E-state index contributed by atoms with van der Waals surface area (Å²) in [6.07, 6.45) is -2.88. The lowest BCUT2D eigenvalue weighted by Crippen LogP contribution is -2.63. The number of carbonyl (C=O) groups is 2. The molecular formula is C15H19F9O5S2. The predicted octanol–water partition coefficient (Wildman–Crippen LogP) is 3.68. The Labute approximate surface area is 174 Å². The molecule has 1 heterocycles. The van der Waals surface area contributed by atoms with Gasteiger partial charge in [0.15, 0.2) is 21.7 Å². The summed E-state index contributed by atoms with van der Waals surface area (Å²) in [6, 6.07) is 0. The highest BCUT2D eigenvalue weighted by molar-refractivity contribution is 7.97. The zero-order valence-corrected chi connectivity index (χ0v) is 17.5. The molecule has 0 N–H and O–H groups in total. The Hall–Kier alpha value is -1.03. The molecule has 0 aromatic carbocycles. The van der Waals surface area contributed by atoms with Crippen molar-refractivity contribution in [3.05, 3.63) is 0 Å². The molecular weight excluding hydrogens is 495 g/mol. The molecule has 1 aliphatic rings. The second-order valence-electron chi connectivity index (χ2n) is 6.46. The minimum atomic E-state index is -7.43. The maximum absolute atomic E-state index is 12.2. The molecule has 16 heteroatoms. The lowest BCUT2D eigenvalue weighted by molar-refractivity contribution is -0.382. The van der Waals surface area contributed by atoms with Gasteiger partial charge in [0.25, 0.3) is 0 Å². The predicted molar refractivity (Wildman–Crippen MR) is 91.3 cm³/mol. The average molecular weight is 514 g/mol. The van der Waals surface area contributed by atoms with E-state index in [1.165, 1.54) is 0 Å².